The first-order valence-corrected chi connectivity index (χ1v) is 6.91. The van der Waals surface area contributed by atoms with Crippen molar-refractivity contribution < 1.29 is 0 Å². The molecule has 100 valence electrons. The second-order valence-electron chi connectivity index (χ2n) is 5.00. The summed E-state index contributed by atoms with van der Waals surface area (Å²) in [6, 6.07) is 14.7. The third kappa shape index (κ3) is 3.75. The van der Waals surface area contributed by atoms with Crippen molar-refractivity contribution in [2.45, 2.75) is 33.1 Å². The van der Waals surface area contributed by atoms with Crippen LogP contribution >= 0.6 is 0 Å². The van der Waals surface area contributed by atoms with E-state index in [0.717, 1.165) is 29.0 Å². The molecule has 0 amide bonds. The van der Waals surface area contributed by atoms with Crippen molar-refractivity contribution >= 4 is 17.1 Å². The van der Waals surface area contributed by atoms with Gasteiger partial charge in [-0.2, -0.15) is 0 Å². The third-order valence-corrected chi connectivity index (χ3v) is 3.34. The van der Waals surface area contributed by atoms with Crippen molar-refractivity contribution in [1.82, 2.24) is 0 Å². The summed E-state index contributed by atoms with van der Waals surface area (Å²) in [5.74, 6) is 0. The van der Waals surface area contributed by atoms with Gasteiger partial charge in [-0.05, 0) is 55.2 Å². The van der Waals surface area contributed by atoms with Gasteiger partial charge in [0.2, 0.25) is 0 Å². The summed E-state index contributed by atoms with van der Waals surface area (Å²) in [5, 5.41) is 3.38. The quantitative estimate of drug-likeness (QED) is 0.761. The van der Waals surface area contributed by atoms with Gasteiger partial charge in [-0.25, -0.2) is 0 Å². The largest absolute Gasteiger partial charge is 0.398 e. The Hall–Kier alpha value is -1.96. The van der Waals surface area contributed by atoms with Crippen molar-refractivity contribution in [3.8, 4) is 0 Å². The van der Waals surface area contributed by atoms with Gasteiger partial charge in [0.1, 0.15) is 0 Å². The summed E-state index contributed by atoms with van der Waals surface area (Å²) in [6.45, 7) is 4.24. The highest BCUT2D eigenvalue weighted by molar-refractivity contribution is 5.65. The molecule has 19 heavy (non-hydrogen) atoms. The highest BCUT2D eigenvalue weighted by Crippen LogP contribution is 2.21. The topological polar surface area (TPSA) is 38.0 Å². The number of nitrogen functional groups attached to an aromatic ring is 1. The zero-order chi connectivity index (χ0) is 13.7. The van der Waals surface area contributed by atoms with E-state index in [4.69, 9.17) is 5.73 Å². The molecule has 0 saturated carbocycles. The molecule has 0 aliphatic rings. The zero-order valence-electron chi connectivity index (χ0n) is 11.7. The lowest BCUT2D eigenvalue weighted by Gasteiger charge is -2.09. The number of anilines is 3. The van der Waals surface area contributed by atoms with Crippen LogP contribution < -0.4 is 11.1 Å². The molecule has 0 unspecified atom stereocenters. The van der Waals surface area contributed by atoms with E-state index in [1.54, 1.807) is 0 Å². The maximum atomic E-state index is 5.91. The van der Waals surface area contributed by atoms with Crippen molar-refractivity contribution in [1.29, 1.82) is 0 Å². The molecule has 0 fully saturated rings. The van der Waals surface area contributed by atoms with Crippen LogP contribution in [0.15, 0.2) is 42.5 Å². The fourth-order valence-corrected chi connectivity index (χ4v) is 2.02. The molecule has 3 N–H and O–H groups in total. The molecule has 2 aromatic carbocycles. The van der Waals surface area contributed by atoms with E-state index in [2.05, 4.69) is 42.6 Å². The van der Waals surface area contributed by atoms with Gasteiger partial charge in [0.05, 0.1) is 0 Å². The predicted molar refractivity (Wildman–Crippen MR) is 83.9 cm³/mol. The average molecular weight is 254 g/mol. The third-order valence-electron chi connectivity index (χ3n) is 3.34. The van der Waals surface area contributed by atoms with Crippen LogP contribution in [0.25, 0.3) is 0 Å². The van der Waals surface area contributed by atoms with E-state index < -0.39 is 0 Å². The summed E-state index contributed by atoms with van der Waals surface area (Å²) < 4.78 is 0. The highest BCUT2D eigenvalue weighted by atomic mass is 14.9. The van der Waals surface area contributed by atoms with Crippen molar-refractivity contribution in [2.75, 3.05) is 11.1 Å². The number of benzene rings is 2. The van der Waals surface area contributed by atoms with Crippen LogP contribution in [-0.2, 0) is 6.42 Å². The minimum atomic E-state index is 0.824. The van der Waals surface area contributed by atoms with Gasteiger partial charge in [-0.15, -0.1) is 0 Å². The molecule has 2 nitrogen and oxygen atoms in total. The van der Waals surface area contributed by atoms with Gasteiger partial charge in [0.25, 0.3) is 0 Å². The molecule has 2 heteroatoms. The molecule has 0 spiro atoms. The Morgan fingerprint density at radius 1 is 1.00 bits per heavy atom. The Labute approximate surface area is 115 Å². The molecule has 0 aromatic heterocycles. The van der Waals surface area contributed by atoms with E-state index in [1.807, 2.05) is 19.1 Å². The minimum absolute atomic E-state index is 0.824. The van der Waals surface area contributed by atoms with Gasteiger partial charge in [-0.1, -0.05) is 31.5 Å². The number of hydrogen-bond donors (Lipinski definition) is 2. The summed E-state index contributed by atoms with van der Waals surface area (Å²) in [5.41, 5.74) is 11.4. The Morgan fingerprint density at radius 2 is 1.68 bits per heavy atom. The number of unbranched alkanes of at least 4 members (excludes halogenated alkanes) is 1. The van der Waals surface area contributed by atoms with Crippen LogP contribution in [0.2, 0.25) is 0 Å². The Bertz CT molecular complexity index is 529. The smallest absolute Gasteiger partial charge is 0.0405 e. The fourth-order valence-electron chi connectivity index (χ4n) is 2.02. The maximum Gasteiger partial charge on any atom is 0.0405 e. The lowest BCUT2D eigenvalue weighted by Crippen LogP contribution is -1.94. The molecule has 2 rings (SSSR count). The Balaban J connectivity index is 2.04. The second-order valence-corrected chi connectivity index (χ2v) is 5.00. The van der Waals surface area contributed by atoms with Crippen LogP contribution in [0.3, 0.4) is 0 Å². The fraction of sp³-hybridized carbons (Fsp3) is 0.294. The van der Waals surface area contributed by atoms with Gasteiger partial charge < -0.3 is 11.1 Å². The number of nitrogens with one attached hydrogen (secondary N) is 1. The predicted octanol–water partition coefficient (Wildman–Crippen LogP) is 4.66. The molecular weight excluding hydrogens is 232 g/mol. The number of hydrogen-bond acceptors (Lipinski definition) is 2. The lowest BCUT2D eigenvalue weighted by molar-refractivity contribution is 0.795. The van der Waals surface area contributed by atoms with E-state index in [1.165, 1.54) is 18.4 Å². The van der Waals surface area contributed by atoms with E-state index in [9.17, 15) is 0 Å². The second kappa shape index (κ2) is 6.28. The molecule has 0 aliphatic heterocycles. The first kappa shape index (κ1) is 13.5. The average Bonchev–Trinajstić information content (AvgIpc) is 2.42. The van der Waals surface area contributed by atoms with E-state index >= 15 is 0 Å². The summed E-state index contributed by atoms with van der Waals surface area (Å²) >= 11 is 0. The number of aryl methyl sites for hydroxylation is 2. The highest BCUT2D eigenvalue weighted by Gasteiger charge is 1.98. The summed E-state index contributed by atoms with van der Waals surface area (Å²) in [7, 11) is 0. The lowest BCUT2D eigenvalue weighted by atomic mass is 10.1. The molecular formula is C17H22N2. The van der Waals surface area contributed by atoms with E-state index in [0.29, 0.717) is 0 Å². The van der Waals surface area contributed by atoms with E-state index in [-0.39, 0.29) is 0 Å². The van der Waals surface area contributed by atoms with Crippen LogP contribution in [-0.4, -0.2) is 0 Å². The zero-order valence-corrected chi connectivity index (χ0v) is 11.7. The number of nitrogens with two attached hydrogens (primary N) is 1. The van der Waals surface area contributed by atoms with Crippen LogP contribution in [0.5, 0.6) is 0 Å². The number of rotatable bonds is 5. The minimum Gasteiger partial charge on any atom is -0.398 e. The molecule has 0 radical (unpaired) electrons. The molecule has 0 aliphatic carbocycles. The van der Waals surface area contributed by atoms with Crippen molar-refractivity contribution in [3.05, 3.63) is 53.6 Å². The van der Waals surface area contributed by atoms with Crippen LogP contribution in [0.1, 0.15) is 30.9 Å². The first-order valence-electron chi connectivity index (χ1n) is 6.91. The Kier molecular flexibility index (Phi) is 4.45. The van der Waals surface area contributed by atoms with Gasteiger partial charge in [0, 0.05) is 17.1 Å². The van der Waals surface area contributed by atoms with Gasteiger partial charge >= 0.3 is 0 Å². The van der Waals surface area contributed by atoms with Crippen LogP contribution in [0.4, 0.5) is 17.1 Å². The SMILES string of the molecule is CCCCc1ccc(Nc2ccc(C)c(N)c2)cc1. The van der Waals surface area contributed by atoms with Crippen molar-refractivity contribution in [2.24, 2.45) is 0 Å². The summed E-state index contributed by atoms with van der Waals surface area (Å²) in [6.07, 6.45) is 3.65. The molecule has 0 saturated heterocycles. The van der Waals surface area contributed by atoms with Gasteiger partial charge in [-0.3, -0.25) is 0 Å². The first-order chi connectivity index (χ1) is 9.19. The summed E-state index contributed by atoms with van der Waals surface area (Å²) in [4.78, 5) is 0. The maximum absolute atomic E-state index is 5.91. The van der Waals surface area contributed by atoms with Crippen LogP contribution in [0, 0.1) is 6.92 Å². The standard InChI is InChI=1S/C17H22N2/c1-3-4-5-14-7-10-15(11-8-14)19-16-9-6-13(2)17(18)12-16/h6-12,19H,3-5,18H2,1-2H3. The van der Waals surface area contributed by atoms with Gasteiger partial charge in [0.15, 0.2) is 0 Å². The molecule has 0 heterocycles. The Morgan fingerprint density at radius 3 is 2.32 bits per heavy atom. The molecule has 0 atom stereocenters. The monoisotopic (exact) mass is 254 g/mol. The normalized spacial score (nSPS) is 10.4. The van der Waals surface area contributed by atoms with Crippen molar-refractivity contribution in [3.63, 3.8) is 0 Å². The molecule has 0 bridgehead atoms. The molecule has 2 aromatic rings.